The second-order valence-electron chi connectivity index (χ2n) is 4.40. The molecule has 1 atom stereocenters. The molecule has 4 heteroatoms. The average molecular weight is 245 g/mol. The van der Waals surface area contributed by atoms with E-state index in [4.69, 9.17) is 5.11 Å². The summed E-state index contributed by atoms with van der Waals surface area (Å²) >= 11 is 0. The highest BCUT2D eigenvalue weighted by atomic mass is 16.4. The summed E-state index contributed by atoms with van der Waals surface area (Å²) in [5.41, 5.74) is 0.704. The van der Waals surface area contributed by atoms with Crippen LogP contribution in [0, 0.1) is 5.92 Å². The second-order valence-corrected chi connectivity index (χ2v) is 4.40. The molecule has 4 nitrogen and oxygen atoms in total. The Kier molecular flexibility index (Phi) is 3.77. The summed E-state index contributed by atoms with van der Waals surface area (Å²) in [6, 6.07) is 6.27. The number of benzene rings is 1. The number of rotatable bonds is 4. The van der Waals surface area contributed by atoms with E-state index in [0.717, 1.165) is 12.8 Å². The highest BCUT2D eigenvalue weighted by Crippen LogP contribution is 2.21. The summed E-state index contributed by atoms with van der Waals surface area (Å²) < 4.78 is 0. The largest absolute Gasteiger partial charge is 0.478 e. The minimum Gasteiger partial charge on any atom is -0.478 e. The molecule has 2 N–H and O–H groups in total. The van der Waals surface area contributed by atoms with Gasteiger partial charge in [-0.25, -0.2) is 4.79 Å². The summed E-state index contributed by atoms with van der Waals surface area (Å²) in [5, 5.41) is 11.6. The first-order chi connectivity index (χ1) is 8.65. The number of aromatic carboxylic acids is 1. The van der Waals surface area contributed by atoms with Crippen LogP contribution in [0.5, 0.6) is 0 Å². The number of carboxylic acids is 1. The predicted octanol–water partition coefficient (Wildman–Crippen LogP) is 2.68. The van der Waals surface area contributed by atoms with Gasteiger partial charge in [-0.05, 0) is 37.0 Å². The average Bonchev–Trinajstić information content (AvgIpc) is 2.82. The van der Waals surface area contributed by atoms with E-state index in [0.29, 0.717) is 18.0 Å². The van der Waals surface area contributed by atoms with E-state index < -0.39 is 5.97 Å². The lowest BCUT2D eigenvalue weighted by Gasteiger charge is -2.09. The normalized spacial score (nSPS) is 17.7. The molecule has 0 heterocycles. The van der Waals surface area contributed by atoms with Crippen molar-refractivity contribution in [2.24, 2.45) is 5.92 Å². The Morgan fingerprint density at radius 3 is 2.89 bits per heavy atom. The molecule has 0 saturated carbocycles. The Morgan fingerprint density at radius 2 is 2.22 bits per heavy atom. The molecule has 0 aliphatic heterocycles. The first-order valence-corrected chi connectivity index (χ1v) is 5.95. The molecule has 1 amide bonds. The van der Waals surface area contributed by atoms with E-state index in [2.05, 4.69) is 17.5 Å². The molecule has 0 aromatic heterocycles. The summed E-state index contributed by atoms with van der Waals surface area (Å²) in [4.78, 5) is 22.6. The lowest BCUT2D eigenvalue weighted by atomic mass is 10.0. The lowest BCUT2D eigenvalue weighted by Crippen LogP contribution is -2.15. The summed E-state index contributed by atoms with van der Waals surface area (Å²) in [7, 11) is 0. The zero-order valence-corrected chi connectivity index (χ0v) is 9.93. The highest BCUT2D eigenvalue weighted by Gasteiger charge is 2.14. The quantitative estimate of drug-likeness (QED) is 0.801. The monoisotopic (exact) mass is 245 g/mol. The lowest BCUT2D eigenvalue weighted by molar-refractivity contribution is -0.116. The van der Waals surface area contributed by atoms with Gasteiger partial charge in [0.2, 0.25) is 5.91 Å². The molecule has 1 aromatic rings. The zero-order chi connectivity index (χ0) is 13.0. The van der Waals surface area contributed by atoms with Crippen molar-refractivity contribution in [1.82, 2.24) is 0 Å². The van der Waals surface area contributed by atoms with Crippen molar-refractivity contribution in [3.05, 3.63) is 42.0 Å². The Morgan fingerprint density at radius 1 is 1.39 bits per heavy atom. The van der Waals surface area contributed by atoms with Gasteiger partial charge in [-0.3, -0.25) is 4.79 Å². The molecule has 94 valence electrons. The molecule has 1 aliphatic carbocycles. The van der Waals surface area contributed by atoms with Crippen LogP contribution in [-0.2, 0) is 4.79 Å². The number of hydrogen-bond acceptors (Lipinski definition) is 2. The third-order valence-electron chi connectivity index (χ3n) is 2.95. The van der Waals surface area contributed by atoms with Crippen molar-refractivity contribution in [3.63, 3.8) is 0 Å². The molecule has 1 aliphatic rings. The summed E-state index contributed by atoms with van der Waals surface area (Å²) in [6.45, 7) is 0. The SMILES string of the molecule is O=C(CC1C=CCC1)Nc1cccc(C(=O)O)c1. The van der Waals surface area contributed by atoms with Crippen LogP contribution < -0.4 is 5.32 Å². The maximum Gasteiger partial charge on any atom is 0.335 e. The zero-order valence-electron chi connectivity index (χ0n) is 9.93. The second kappa shape index (κ2) is 5.49. The van der Waals surface area contributed by atoms with Gasteiger partial charge in [0.25, 0.3) is 0 Å². The third-order valence-corrected chi connectivity index (χ3v) is 2.95. The van der Waals surface area contributed by atoms with Gasteiger partial charge < -0.3 is 10.4 Å². The van der Waals surface area contributed by atoms with Crippen LogP contribution in [-0.4, -0.2) is 17.0 Å². The molecule has 1 aromatic carbocycles. The number of carbonyl (C=O) groups is 2. The molecular weight excluding hydrogens is 230 g/mol. The minimum absolute atomic E-state index is 0.0749. The summed E-state index contributed by atoms with van der Waals surface area (Å²) in [5.74, 6) is -0.758. The van der Waals surface area contributed by atoms with E-state index >= 15 is 0 Å². The number of amides is 1. The number of hydrogen-bond donors (Lipinski definition) is 2. The maximum absolute atomic E-state index is 11.8. The molecule has 1 unspecified atom stereocenters. The van der Waals surface area contributed by atoms with Gasteiger partial charge >= 0.3 is 5.97 Å². The van der Waals surface area contributed by atoms with Crippen LogP contribution in [0.25, 0.3) is 0 Å². The van der Waals surface area contributed by atoms with Crippen LogP contribution in [0.2, 0.25) is 0 Å². The molecule has 0 spiro atoms. The third kappa shape index (κ3) is 3.20. The van der Waals surface area contributed by atoms with E-state index in [1.54, 1.807) is 12.1 Å². The topological polar surface area (TPSA) is 66.4 Å². The Bertz CT molecular complexity index is 494. The fourth-order valence-corrected chi connectivity index (χ4v) is 2.05. The van der Waals surface area contributed by atoms with Crippen molar-refractivity contribution in [1.29, 1.82) is 0 Å². The Labute approximate surface area is 105 Å². The highest BCUT2D eigenvalue weighted by molar-refractivity contribution is 5.94. The van der Waals surface area contributed by atoms with Crippen molar-refractivity contribution in [2.75, 3.05) is 5.32 Å². The number of nitrogens with one attached hydrogen (secondary N) is 1. The predicted molar refractivity (Wildman–Crippen MR) is 68.5 cm³/mol. The smallest absolute Gasteiger partial charge is 0.335 e. The molecule has 0 bridgehead atoms. The van der Waals surface area contributed by atoms with E-state index in [9.17, 15) is 9.59 Å². The number of allylic oxidation sites excluding steroid dienone is 2. The fourth-order valence-electron chi connectivity index (χ4n) is 2.05. The van der Waals surface area contributed by atoms with Crippen molar-refractivity contribution >= 4 is 17.6 Å². The fraction of sp³-hybridized carbons (Fsp3) is 0.286. The van der Waals surface area contributed by atoms with Gasteiger partial charge in [-0.1, -0.05) is 18.2 Å². The minimum atomic E-state index is -0.996. The number of anilines is 1. The van der Waals surface area contributed by atoms with Crippen molar-refractivity contribution in [2.45, 2.75) is 19.3 Å². The van der Waals surface area contributed by atoms with Crippen LogP contribution in [0.4, 0.5) is 5.69 Å². The van der Waals surface area contributed by atoms with Gasteiger partial charge in [-0.2, -0.15) is 0 Å². The van der Waals surface area contributed by atoms with Crippen LogP contribution in [0.1, 0.15) is 29.6 Å². The standard InChI is InChI=1S/C14H15NO3/c16-13(8-10-4-1-2-5-10)15-12-7-3-6-11(9-12)14(17)18/h1,3-4,6-7,9-10H,2,5,8H2,(H,15,16)(H,17,18). The van der Waals surface area contributed by atoms with Gasteiger partial charge in [0, 0.05) is 12.1 Å². The first-order valence-electron chi connectivity index (χ1n) is 5.95. The molecule has 18 heavy (non-hydrogen) atoms. The number of carboxylic acid groups (broad SMARTS) is 1. The summed E-state index contributed by atoms with van der Waals surface area (Å²) in [6.07, 6.45) is 6.65. The van der Waals surface area contributed by atoms with Gasteiger partial charge in [0.1, 0.15) is 0 Å². The Hall–Kier alpha value is -2.10. The van der Waals surface area contributed by atoms with Crippen LogP contribution in [0.3, 0.4) is 0 Å². The van der Waals surface area contributed by atoms with Gasteiger partial charge in [0.15, 0.2) is 0 Å². The van der Waals surface area contributed by atoms with Crippen molar-refractivity contribution in [3.8, 4) is 0 Å². The first kappa shape index (κ1) is 12.4. The molecule has 0 radical (unpaired) electrons. The Balaban J connectivity index is 1.95. The molecule has 0 fully saturated rings. The van der Waals surface area contributed by atoms with E-state index in [1.165, 1.54) is 12.1 Å². The van der Waals surface area contributed by atoms with Crippen molar-refractivity contribution < 1.29 is 14.7 Å². The number of carbonyl (C=O) groups excluding carboxylic acids is 1. The van der Waals surface area contributed by atoms with Gasteiger partial charge in [0.05, 0.1) is 5.56 Å². The van der Waals surface area contributed by atoms with Crippen LogP contribution >= 0.6 is 0 Å². The molecule has 2 rings (SSSR count). The van der Waals surface area contributed by atoms with Gasteiger partial charge in [-0.15, -0.1) is 0 Å². The van der Waals surface area contributed by atoms with E-state index in [-0.39, 0.29) is 11.5 Å². The maximum atomic E-state index is 11.8. The molecular formula is C14H15NO3. The molecule has 0 saturated heterocycles. The van der Waals surface area contributed by atoms with Crippen LogP contribution in [0.15, 0.2) is 36.4 Å². The van der Waals surface area contributed by atoms with E-state index in [1.807, 2.05) is 0 Å².